The molecule has 66 valence electrons. The van der Waals surface area contributed by atoms with Crippen molar-refractivity contribution in [3.8, 4) is 0 Å². The molecule has 0 aliphatic heterocycles. The molecule has 2 aromatic heterocycles. The van der Waals surface area contributed by atoms with Crippen LogP contribution in [0.5, 0.6) is 0 Å². The monoisotopic (exact) mass is 173 g/mol. The minimum Gasteiger partial charge on any atom is -0.261 e. The van der Waals surface area contributed by atoms with E-state index in [1.807, 2.05) is 33.0 Å². The fourth-order valence-corrected chi connectivity index (χ4v) is 1.42. The van der Waals surface area contributed by atoms with Gasteiger partial charge < -0.3 is 0 Å². The van der Waals surface area contributed by atoms with E-state index >= 15 is 0 Å². The molecule has 3 heteroatoms. The molecule has 0 amide bonds. The van der Waals surface area contributed by atoms with Crippen LogP contribution < -0.4 is 0 Å². The molecular weight excluding hydrogens is 162 g/mol. The van der Waals surface area contributed by atoms with Gasteiger partial charge in [-0.1, -0.05) is 0 Å². The predicted molar refractivity (Wildman–Crippen MR) is 51.5 cm³/mol. The maximum Gasteiger partial charge on any atom is 0.126 e. The molecule has 2 aromatic rings. The molecular formula is C10H11N3. The maximum atomic E-state index is 4.35. The zero-order valence-electron chi connectivity index (χ0n) is 8.00. The summed E-state index contributed by atoms with van der Waals surface area (Å²) >= 11 is 0. The number of pyridine rings is 1. The number of fused-ring (bicyclic) bond motifs is 1. The minimum absolute atomic E-state index is 0.815. The van der Waals surface area contributed by atoms with Crippen molar-refractivity contribution in [2.24, 2.45) is 0 Å². The first kappa shape index (κ1) is 8.10. The number of nitrogens with zero attached hydrogens (tertiary/aromatic N) is 3. The highest BCUT2D eigenvalue weighted by Crippen LogP contribution is 2.14. The number of hydrogen-bond donors (Lipinski definition) is 0. The fraction of sp³-hybridized carbons (Fsp3) is 0.300. The number of aromatic nitrogens is 3. The lowest BCUT2D eigenvalue weighted by molar-refractivity contribution is 1.04. The summed E-state index contributed by atoms with van der Waals surface area (Å²) in [4.78, 5) is 12.8. The van der Waals surface area contributed by atoms with Gasteiger partial charge in [-0.25, -0.2) is 9.97 Å². The molecule has 0 N–H and O–H groups in total. The van der Waals surface area contributed by atoms with Gasteiger partial charge in [0.05, 0.1) is 11.2 Å². The molecule has 0 fully saturated rings. The second-order valence-corrected chi connectivity index (χ2v) is 3.20. The Bertz CT molecular complexity index is 458. The maximum absolute atomic E-state index is 4.35. The van der Waals surface area contributed by atoms with Gasteiger partial charge in [0, 0.05) is 17.3 Å². The standard InChI is InChI=1S/C10H11N3/c1-6-4-10-9(5-11-6)7(2)12-8(3)13-10/h4-5H,1-3H3. The molecule has 0 unspecified atom stereocenters. The number of rotatable bonds is 0. The average molecular weight is 173 g/mol. The minimum atomic E-state index is 0.815. The average Bonchev–Trinajstić information content (AvgIpc) is 2.02. The smallest absolute Gasteiger partial charge is 0.126 e. The van der Waals surface area contributed by atoms with E-state index in [1.54, 1.807) is 0 Å². The molecule has 0 aromatic carbocycles. The quantitative estimate of drug-likeness (QED) is 0.611. The second kappa shape index (κ2) is 2.76. The summed E-state index contributed by atoms with van der Waals surface area (Å²) in [6.45, 7) is 5.85. The van der Waals surface area contributed by atoms with E-state index in [1.165, 1.54) is 0 Å². The molecule has 2 rings (SSSR count). The van der Waals surface area contributed by atoms with Gasteiger partial charge >= 0.3 is 0 Å². The largest absolute Gasteiger partial charge is 0.261 e. The summed E-state index contributed by atoms with van der Waals surface area (Å²) in [7, 11) is 0. The Balaban J connectivity index is 2.86. The highest BCUT2D eigenvalue weighted by Gasteiger charge is 2.01. The van der Waals surface area contributed by atoms with Crippen LogP contribution >= 0.6 is 0 Å². The third-order valence-electron chi connectivity index (χ3n) is 2.02. The van der Waals surface area contributed by atoms with Gasteiger partial charge in [-0.3, -0.25) is 4.98 Å². The zero-order valence-corrected chi connectivity index (χ0v) is 8.00. The first-order valence-electron chi connectivity index (χ1n) is 4.24. The van der Waals surface area contributed by atoms with Crippen LogP contribution in [-0.2, 0) is 0 Å². The molecule has 2 heterocycles. The van der Waals surface area contributed by atoms with E-state index in [-0.39, 0.29) is 0 Å². The molecule has 13 heavy (non-hydrogen) atoms. The Kier molecular flexibility index (Phi) is 1.72. The van der Waals surface area contributed by atoms with Crippen LogP contribution in [0, 0.1) is 20.8 Å². The molecule has 3 nitrogen and oxygen atoms in total. The fourth-order valence-electron chi connectivity index (χ4n) is 1.42. The Labute approximate surface area is 76.9 Å². The van der Waals surface area contributed by atoms with E-state index < -0.39 is 0 Å². The van der Waals surface area contributed by atoms with E-state index in [9.17, 15) is 0 Å². The van der Waals surface area contributed by atoms with Crippen molar-refractivity contribution >= 4 is 10.9 Å². The van der Waals surface area contributed by atoms with Crippen molar-refractivity contribution < 1.29 is 0 Å². The molecule has 0 bridgehead atoms. The Hall–Kier alpha value is -1.51. The van der Waals surface area contributed by atoms with Gasteiger partial charge in [-0.05, 0) is 26.8 Å². The van der Waals surface area contributed by atoms with Crippen molar-refractivity contribution in [3.05, 3.63) is 29.5 Å². The van der Waals surface area contributed by atoms with Crippen molar-refractivity contribution in [3.63, 3.8) is 0 Å². The van der Waals surface area contributed by atoms with Gasteiger partial charge in [0.2, 0.25) is 0 Å². The van der Waals surface area contributed by atoms with Gasteiger partial charge in [-0.15, -0.1) is 0 Å². The third-order valence-corrected chi connectivity index (χ3v) is 2.02. The lowest BCUT2D eigenvalue weighted by atomic mass is 10.2. The second-order valence-electron chi connectivity index (χ2n) is 3.20. The molecule has 0 aliphatic rings. The van der Waals surface area contributed by atoms with Gasteiger partial charge in [-0.2, -0.15) is 0 Å². The number of aryl methyl sites for hydroxylation is 3. The lowest BCUT2D eigenvalue weighted by Gasteiger charge is -2.02. The van der Waals surface area contributed by atoms with Crippen molar-refractivity contribution in [1.82, 2.24) is 15.0 Å². The molecule has 0 spiro atoms. The lowest BCUT2D eigenvalue weighted by Crippen LogP contribution is -1.94. The van der Waals surface area contributed by atoms with E-state index in [2.05, 4.69) is 15.0 Å². The van der Waals surface area contributed by atoms with Crippen LogP contribution in [-0.4, -0.2) is 15.0 Å². The highest BCUT2D eigenvalue weighted by molar-refractivity contribution is 5.79. The molecule has 0 aliphatic carbocycles. The third kappa shape index (κ3) is 1.37. The van der Waals surface area contributed by atoms with Gasteiger partial charge in [0.25, 0.3) is 0 Å². The van der Waals surface area contributed by atoms with Crippen molar-refractivity contribution in [2.45, 2.75) is 20.8 Å². The predicted octanol–water partition coefficient (Wildman–Crippen LogP) is 1.95. The zero-order chi connectivity index (χ0) is 9.42. The van der Waals surface area contributed by atoms with Crippen LogP contribution in [0.1, 0.15) is 17.2 Å². The molecule has 0 saturated heterocycles. The number of hydrogen-bond acceptors (Lipinski definition) is 3. The Morgan fingerprint density at radius 1 is 1.08 bits per heavy atom. The van der Waals surface area contributed by atoms with Crippen molar-refractivity contribution in [1.29, 1.82) is 0 Å². The summed E-state index contributed by atoms with van der Waals surface area (Å²) in [5, 5.41) is 1.04. The Morgan fingerprint density at radius 3 is 2.62 bits per heavy atom. The summed E-state index contributed by atoms with van der Waals surface area (Å²) in [6, 6.07) is 1.98. The summed E-state index contributed by atoms with van der Waals surface area (Å²) in [5.74, 6) is 0.815. The summed E-state index contributed by atoms with van der Waals surface area (Å²) < 4.78 is 0. The van der Waals surface area contributed by atoms with E-state index in [0.29, 0.717) is 0 Å². The topological polar surface area (TPSA) is 38.7 Å². The van der Waals surface area contributed by atoms with Gasteiger partial charge in [0.15, 0.2) is 0 Å². The van der Waals surface area contributed by atoms with Crippen LogP contribution in [0.15, 0.2) is 12.3 Å². The first-order valence-corrected chi connectivity index (χ1v) is 4.24. The van der Waals surface area contributed by atoms with E-state index in [0.717, 1.165) is 28.1 Å². The van der Waals surface area contributed by atoms with Crippen LogP contribution in [0.3, 0.4) is 0 Å². The highest BCUT2D eigenvalue weighted by atomic mass is 14.9. The van der Waals surface area contributed by atoms with Crippen LogP contribution in [0.25, 0.3) is 10.9 Å². The van der Waals surface area contributed by atoms with Gasteiger partial charge in [0.1, 0.15) is 5.82 Å². The van der Waals surface area contributed by atoms with Crippen molar-refractivity contribution in [2.75, 3.05) is 0 Å². The Morgan fingerprint density at radius 2 is 1.85 bits per heavy atom. The summed E-state index contributed by atoms with van der Waals surface area (Å²) in [5.41, 5.74) is 2.97. The van der Waals surface area contributed by atoms with Crippen LogP contribution in [0.4, 0.5) is 0 Å². The normalized spacial score (nSPS) is 10.7. The molecule has 0 saturated carbocycles. The first-order chi connectivity index (χ1) is 6.16. The molecule has 0 atom stereocenters. The summed E-state index contributed by atoms with van der Waals surface area (Å²) in [6.07, 6.45) is 1.83. The van der Waals surface area contributed by atoms with Crippen LogP contribution in [0.2, 0.25) is 0 Å². The van der Waals surface area contributed by atoms with E-state index in [4.69, 9.17) is 0 Å². The SMILES string of the molecule is Cc1cc2nc(C)nc(C)c2cn1. The molecule has 0 radical (unpaired) electrons.